The molecule has 0 fully saturated rings. The van der Waals surface area contributed by atoms with Gasteiger partial charge in [-0.3, -0.25) is 0 Å². The third-order valence-electron chi connectivity index (χ3n) is 2.53. The molecule has 0 aliphatic heterocycles. The first-order valence-electron chi connectivity index (χ1n) is 6.41. The quantitative estimate of drug-likeness (QED) is 0.736. The van der Waals surface area contributed by atoms with Gasteiger partial charge in [-0.25, -0.2) is 14.8 Å². The van der Waals surface area contributed by atoms with Crippen LogP contribution >= 0.6 is 0 Å². The highest BCUT2D eigenvalue weighted by Gasteiger charge is 2.04. The number of carboxylic acids is 1. The van der Waals surface area contributed by atoms with Gasteiger partial charge in [0, 0.05) is 11.8 Å². The Morgan fingerprint density at radius 1 is 1.41 bits per heavy atom. The van der Waals surface area contributed by atoms with E-state index in [0.717, 1.165) is 5.56 Å². The summed E-state index contributed by atoms with van der Waals surface area (Å²) in [7, 11) is 0. The van der Waals surface area contributed by atoms with Crippen LogP contribution in [0, 0.1) is 0 Å². The number of ether oxygens (including phenoxy) is 1. The summed E-state index contributed by atoms with van der Waals surface area (Å²) in [6.07, 6.45) is 6.67. The van der Waals surface area contributed by atoms with Crippen molar-refractivity contribution in [1.82, 2.24) is 15.0 Å². The Kier molecular flexibility index (Phi) is 4.86. The highest BCUT2D eigenvalue weighted by atomic mass is 16.5. The average Bonchev–Trinajstić information content (AvgIpc) is 2.49. The van der Waals surface area contributed by atoms with Gasteiger partial charge >= 0.3 is 5.97 Å². The van der Waals surface area contributed by atoms with Crippen LogP contribution in [0.4, 0.5) is 17.6 Å². The number of hydrogen-bond donors (Lipinski definition) is 3. The minimum absolute atomic E-state index is 0.317. The predicted molar refractivity (Wildman–Crippen MR) is 81.8 cm³/mol. The molecular formula is C14H15N5O3. The molecule has 0 aliphatic carbocycles. The van der Waals surface area contributed by atoms with Crippen molar-refractivity contribution < 1.29 is 14.6 Å². The van der Waals surface area contributed by atoms with Crippen molar-refractivity contribution in [2.75, 3.05) is 17.7 Å². The Bertz CT molecular complexity index is 685. The average molecular weight is 301 g/mol. The minimum Gasteiger partial charge on any atom is -0.480 e. The smallest absolute Gasteiger partial charge is 0.341 e. The molecule has 22 heavy (non-hydrogen) atoms. The number of nitrogens with zero attached hydrogens (tertiary/aromatic N) is 3. The monoisotopic (exact) mass is 301 g/mol. The zero-order chi connectivity index (χ0) is 15.9. The SMILES string of the molecule is CC=Cc1cnc(Nc2ccc(OCC(=O)O)cn2)nc1N. The first-order valence-corrected chi connectivity index (χ1v) is 6.41. The maximum absolute atomic E-state index is 10.4. The lowest BCUT2D eigenvalue weighted by molar-refractivity contribution is -0.139. The number of hydrogen-bond acceptors (Lipinski definition) is 7. The second-order valence-electron chi connectivity index (χ2n) is 4.22. The van der Waals surface area contributed by atoms with Crippen LogP contribution in [0.2, 0.25) is 0 Å². The van der Waals surface area contributed by atoms with E-state index >= 15 is 0 Å². The van der Waals surface area contributed by atoms with Crippen LogP contribution in [0.25, 0.3) is 6.08 Å². The van der Waals surface area contributed by atoms with E-state index in [-0.39, 0.29) is 0 Å². The number of anilines is 3. The second kappa shape index (κ2) is 7.02. The van der Waals surface area contributed by atoms with Gasteiger partial charge in [0.05, 0.1) is 6.20 Å². The Labute approximate surface area is 126 Å². The molecule has 0 bridgehead atoms. The van der Waals surface area contributed by atoms with Gasteiger partial charge < -0.3 is 20.9 Å². The lowest BCUT2D eigenvalue weighted by atomic mass is 10.3. The Hall–Kier alpha value is -3.16. The van der Waals surface area contributed by atoms with Gasteiger partial charge in [-0.2, -0.15) is 4.98 Å². The van der Waals surface area contributed by atoms with Gasteiger partial charge in [-0.15, -0.1) is 0 Å². The number of nitrogen functional groups attached to an aromatic ring is 1. The summed E-state index contributed by atoms with van der Waals surface area (Å²) in [6.45, 7) is 1.46. The van der Waals surface area contributed by atoms with E-state index < -0.39 is 12.6 Å². The van der Waals surface area contributed by atoms with Crippen LogP contribution < -0.4 is 15.8 Å². The van der Waals surface area contributed by atoms with Gasteiger partial charge in [-0.1, -0.05) is 12.2 Å². The lowest BCUT2D eigenvalue weighted by Crippen LogP contribution is -2.09. The Morgan fingerprint density at radius 3 is 2.82 bits per heavy atom. The zero-order valence-electron chi connectivity index (χ0n) is 11.9. The van der Waals surface area contributed by atoms with Crippen LogP contribution in [0.5, 0.6) is 5.75 Å². The molecule has 2 aromatic heterocycles. The summed E-state index contributed by atoms with van der Waals surface area (Å²) in [5, 5.41) is 11.4. The Morgan fingerprint density at radius 2 is 2.23 bits per heavy atom. The van der Waals surface area contributed by atoms with Gasteiger partial charge in [-0.05, 0) is 19.1 Å². The molecule has 2 rings (SSSR count). The molecule has 2 heterocycles. The maximum atomic E-state index is 10.4. The summed E-state index contributed by atoms with van der Waals surface area (Å²) in [5.74, 6) is 0.472. The fourth-order valence-corrected chi connectivity index (χ4v) is 1.57. The molecule has 0 saturated carbocycles. The van der Waals surface area contributed by atoms with E-state index in [0.29, 0.717) is 23.3 Å². The molecular weight excluding hydrogens is 286 g/mol. The number of nitrogens with one attached hydrogen (secondary N) is 1. The standard InChI is InChI=1S/C14H15N5O3/c1-2-3-9-6-17-14(19-13(9)15)18-11-5-4-10(7-16-11)22-8-12(20)21/h2-7H,8H2,1H3,(H,20,21)(H3,15,16,17,18,19). The van der Waals surface area contributed by atoms with E-state index in [4.69, 9.17) is 15.6 Å². The number of carbonyl (C=O) groups is 1. The minimum atomic E-state index is -1.05. The van der Waals surface area contributed by atoms with Crippen LogP contribution in [0.3, 0.4) is 0 Å². The molecule has 0 aliphatic rings. The number of allylic oxidation sites excluding steroid dienone is 1. The number of carboxylic acid groups (broad SMARTS) is 1. The van der Waals surface area contributed by atoms with Crippen LogP contribution in [0.1, 0.15) is 12.5 Å². The topological polar surface area (TPSA) is 123 Å². The second-order valence-corrected chi connectivity index (χ2v) is 4.22. The van der Waals surface area contributed by atoms with E-state index in [1.165, 1.54) is 6.20 Å². The first-order chi connectivity index (χ1) is 10.6. The summed E-state index contributed by atoms with van der Waals surface area (Å²) in [6, 6.07) is 3.21. The third-order valence-corrected chi connectivity index (χ3v) is 2.53. The van der Waals surface area contributed by atoms with Crippen molar-refractivity contribution in [3.05, 3.63) is 36.2 Å². The van der Waals surface area contributed by atoms with Gasteiger partial charge in [0.1, 0.15) is 17.4 Å². The molecule has 8 heteroatoms. The summed E-state index contributed by atoms with van der Waals surface area (Å²) in [5.41, 5.74) is 6.55. The molecule has 8 nitrogen and oxygen atoms in total. The molecule has 0 atom stereocenters. The number of pyridine rings is 1. The number of aromatic nitrogens is 3. The summed E-state index contributed by atoms with van der Waals surface area (Å²) >= 11 is 0. The van der Waals surface area contributed by atoms with Crippen LogP contribution in [-0.2, 0) is 4.79 Å². The van der Waals surface area contributed by atoms with Crippen molar-refractivity contribution in [2.24, 2.45) is 0 Å². The van der Waals surface area contributed by atoms with Crippen molar-refractivity contribution in [3.8, 4) is 5.75 Å². The maximum Gasteiger partial charge on any atom is 0.341 e. The fraction of sp³-hybridized carbons (Fsp3) is 0.143. The molecule has 0 unspecified atom stereocenters. The predicted octanol–water partition coefficient (Wildman–Crippen LogP) is 1.69. The van der Waals surface area contributed by atoms with Crippen molar-refractivity contribution >= 4 is 29.6 Å². The van der Waals surface area contributed by atoms with Crippen molar-refractivity contribution in [3.63, 3.8) is 0 Å². The van der Waals surface area contributed by atoms with Gasteiger partial charge in [0.25, 0.3) is 0 Å². The van der Waals surface area contributed by atoms with Crippen molar-refractivity contribution in [2.45, 2.75) is 6.92 Å². The number of rotatable bonds is 6. The first kappa shape index (κ1) is 15.2. The normalized spacial score (nSPS) is 10.6. The summed E-state index contributed by atoms with van der Waals surface area (Å²) in [4.78, 5) is 22.7. The van der Waals surface area contributed by atoms with Gasteiger partial charge in [0.15, 0.2) is 6.61 Å². The molecule has 2 aromatic rings. The molecule has 4 N–H and O–H groups in total. The van der Waals surface area contributed by atoms with E-state index in [1.807, 2.05) is 19.1 Å². The Balaban J connectivity index is 2.04. The molecule has 0 amide bonds. The molecule has 0 spiro atoms. The molecule has 0 aromatic carbocycles. The molecule has 0 radical (unpaired) electrons. The van der Waals surface area contributed by atoms with Crippen molar-refractivity contribution in [1.29, 1.82) is 0 Å². The number of nitrogens with two attached hydrogens (primary N) is 1. The zero-order valence-corrected chi connectivity index (χ0v) is 11.9. The van der Waals surface area contributed by atoms with E-state index in [2.05, 4.69) is 20.3 Å². The van der Waals surface area contributed by atoms with E-state index in [1.54, 1.807) is 18.3 Å². The number of aliphatic carboxylic acids is 1. The molecule has 0 saturated heterocycles. The molecule has 114 valence electrons. The highest BCUT2D eigenvalue weighted by Crippen LogP contribution is 2.17. The largest absolute Gasteiger partial charge is 0.480 e. The fourth-order valence-electron chi connectivity index (χ4n) is 1.57. The lowest BCUT2D eigenvalue weighted by Gasteiger charge is -2.07. The van der Waals surface area contributed by atoms with Crippen LogP contribution in [-0.4, -0.2) is 32.6 Å². The van der Waals surface area contributed by atoms with Crippen LogP contribution in [0.15, 0.2) is 30.6 Å². The highest BCUT2D eigenvalue weighted by molar-refractivity contribution is 5.68. The van der Waals surface area contributed by atoms with Gasteiger partial charge in [0.2, 0.25) is 5.95 Å². The third kappa shape index (κ3) is 4.17. The summed E-state index contributed by atoms with van der Waals surface area (Å²) < 4.78 is 4.99. The van der Waals surface area contributed by atoms with E-state index in [9.17, 15) is 4.79 Å².